The van der Waals surface area contributed by atoms with Crippen LogP contribution < -0.4 is 26.6 Å². The van der Waals surface area contributed by atoms with Gasteiger partial charge < -0.3 is 20.8 Å². The van der Waals surface area contributed by atoms with Crippen LogP contribution in [-0.2, 0) is 19.2 Å². The van der Waals surface area contributed by atoms with Gasteiger partial charge >= 0.3 is 0 Å². The summed E-state index contributed by atoms with van der Waals surface area (Å²) in [5.41, 5.74) is 0. The van der Waals surface area contributed by atoms with Crippen LogP contribution in [0.15, 0.2) is 144 Å². The highest BCUT2D eigenvalue weighted by Gasteiger charge is 2.38. The van der Waals surface area contributed by atoms with Crippen LogP contribution in [0.4, 0.5) is 0 Å². The number of carbonyl (C=O) groups is 4. The summed E-state index contributed by atoms with van der Waals surface area (Å²) in [7, 11) is 0. The van der Waals surface area contributed by atoms with Crippen LogP contribution in [0.5, 0.6) is 0 Å². The molecular formula is C57H85N7O6. The molecule has 5 atom stereocenters. The zero-order valence-electron chi connectivity index (χ0n) is 42.4. The van der Waals surface area contributed by atoms with E-state index in [-0.39, 0.29) is 36.6 Å². The number of aliphatic hydroxyl groups excluding tert-OH is 2. The van der Waals surface area contributed by atoms with Gasteiger partial charge in [-0.25, -0.2) is 0 Å². The number of amides is 4. The minimum Gasteiger partial charge on any atom is -0.391 e. The normalized spacial score (nSPS) is 18.2. The number of unbranched alkanes of at least 4 members (excludes halogenated alkanes) is 2. The number of carbonyl (C=O) groups excluding carboxylic acids is 4. The first-order valence-corrected chi connectivity index (χ1v) is 25.7. The second-order valence-electron chi connectivity index (χ2n) is 17.1. The number of allylic oxidation sites excluding steroid dienone is 22. The van der Waals surface area contributed by atoms with Gasteiger partial charge in [0, 0.05) is 19.4 Å². The first-order chi connectivity index (χ1) is 34.2. The Hall–Kier alpha value is -5.76. The van der Waals surface area contributed by atoms with Crippen molar-refractivity contribution in [2.45, 2.75) is 173 Å². The van der Waals surface area contributed by atoms with Gasteiger partial charge in [-0.15, -0.1) is 0 Å². The lowest BCUT2D eigenvalue weighted by atomic mass is 10.0. The Bertz CT molecular complexity index is 1920. The van der Waals surface area contributed by atoms with Crippen molar-refractivity contribution in [3.63, 3.8) is 0 Å². The number of amidine groups is 1. The van der Waals surface area contributed by atoms with E-state index in [1.165, 1.54) is 6.92 Å². The molecule has 13 heteroatoms. The molecule has 0 aliphatic carbocycles. The van der Waals surface area contributed by atoms with Crippen LogP contribution in [0.2, 0.25) is 0 Å². The van der Waals surface area contributed by atoms with Crippen molar-refractivity contribution in [3.05, 3.63) is 134 Å². The van der Waals surface area contributed by atoms with Gasteiger partial charge in [-0.3, -0.25) is 40.1 Å². The third-order valence-electron chi connectivity index (χ3n) is 10.9. The average Bonchev–Trinajstić information content (AvgIpc) is 3.34. The molecule has 2 aliphatic heterocycles. The molecule has 0 aromatic carbocycles. The number of guanidine groups is 1. The van der Waals surface area contributed by atoms with Gasteiger partial charge in [-0.1, -0.05) is 148 Å². The molecule has 13 nitrogen and oxygen atoms in total. The van der Waals surface area contributed by atoms with Gasteiger partial charge in [0.2, 0.25) is 23.7 Å². The minimum absolute atomic E-state index is 0.0502. The highest BCUT2D eigenvalue weighted by atomic mass is 16.3. The van der Waals surface area contributed by atoms with Gasteiger partial charge in [-0.2, -0.15) is 4.99 Å². The third kappa shape index (κ3) is 30.7. The van der Waals surface area contributed by atoms with Crippen molar-refractivity contribution in [2.75, 3.05) is 13.1 Å². The van der Waals surface area contributed by atoms with Crippen molar-refractivity contribution in [1.82, 2.24) is 26.6 Å². The number of fused-ring (bicyclic) bond motifs is 1. The Balaban J connectivity index is 1.78. The molecule has 2 rings (SSSR count). The fourth-order valence-corrected chi connectivity index (χ4v) is 6.98. The highest BCUT2D eigenvalue weighted by Crippen LogP contribution is 2.12. The molecule has 0 aromatic rings. The van der Waals surface area contributed by atoms with Crippen molar-refractivity contribution >= 4 is 35.4 Å². The van der Waals surface area contributed by atoms with E-state index in [1.807, 2.05) is 6.08 Å². The number of aliphatic imine (C=N–C) groups is 2. The summed E-state index contributed by atoms with van der Waals surface area (Å²) in [5, 5.41) is 34.1. The summed E-state index contributed by atoms with van der Waals surface area (Å²) in [4.78, 5) is 60.8. The first kappa shape index (κ1) is 60.4. The third-order valence-corrected chi connectivity index (χ3v) is 10.9. The fraction of sp³-hybridized carbons (Fsp3) is 0.509. The molecular weight excluding hydrogens is 879 g/mol. The maximum Gasteiger partial charge on any atom is 0.251 e. The minimum atomic E-state index is -1.14. The Labute approximate surface area is 419 Å². The zero-order valence-corrected chi connectivity index (χ0v) is 42.4. The first-order valence-electron chi connectivity index (χ1n) is 25.7. The Morgan fingerprint density at radius 2 is 1.10 bits per heavy atom. The molecule has 0 radical (unpaired) electrons. The van der Waals surface area contributed by atoms with Crippen LogP contribution in [-0.4, -0.2) is 89.1 Å². The van der Waals surface area contributed by atoms with Crippen LogP contribution in [0.25, 0.3) is 0 Å². The summed E-state index contributed by atoms with van der Waals surface area (Å²) >= 11 is 0. The summed E-state index contributed by atoms with van der Waals surface area (Å²) in [5.74, 6) is -1.37. The summed E-state index contributed by atoms with van der Waals surface area (Å²) < 4.78 is 0. The van der Waals surface area contributed by atoms with E-state index in [0.717, 1.165) is 70.6 Å². The number of aliphatic hydroxyl groups is 2. The molecule has 0 spiro atoms. The van der Waals surface area contributed by atoms with E-state index in [0.29, 0.717) is 51.5 Å². The van der Waals surface area contributed by atoms with Gasteiger partial charge in [-0.05, 0) is 116 Å². The predicted molar refractivity (Wildman–Crippen MR) is 289 cm³/mol. The van der Waals surface area contributed by atoms with Gasteiger partial charge in [0.25, 0.3) is 5.91 Å². The molecule has 2 aliphatic rings. The topological polar surface area (TPSA) is 194 Å². The molecule has 1 unspecified atom stereocenters. The monoisotopic (exact) mass is 964 g/mol. The summed E-state index contributed by atoms with van der Waals surface area (Å²) in [6, 6.07) is -2.54. The molecule has 0 saturated carbocycles. The van der Waals surface area contributed by atoms with Crippen molar-refractivity contribution in [3.8, 4) is 0 Å². The molecule has 2 heterocycles. The highest BCUT2D eigenvalue weighted by molar-refractivity contribution is 6.22. The fourth-order valence-electron chi connectivity index (χ4n) is 6.98. The molecule has 7 N–H and O–H groups in total. The second kappa shape index (κ2) is 41.1. The van der Waals surface area contributed by atoms with E-state index < -0.39 is 42.1 Å². The van der Waals surface area contributed by atoms with Crippen LogP contribution in [0, 0.1) is 0 Å². The summed E-state index contributed by atoms with van der Waals surface area (Å²) in [6.45, 7) is 6.23. The number of hydrogen-bond donors (Lipinski definition) is 7. The van der Waals surface area contributed by atoms with Gasteiger partial charge in [0.05, 0.1) is 24.8 Å². The maximum absolute atomic E-state index is 13.6. The number of nitrogens with one attached hydrogen (secondary N) is 5. The van der Waals surface area contributed by atoms with Crippen LogP contribution in [0.1, 0.15) is 143 Å². The van der Waals surface area contributed by atoms with Crippen molar-refractivity contribution < 1.29 is 29.4 Å². The second-order valence-corrected chi connectivity index (χ2v) is 17.1. The molecule has 0 bridgehead atoms. The molecule has 70 heavy (non-hydrogen) atoms. The zero-order chi connectivity index (χ0) is 50.7. The van der Waals surface area contributed by atoms with Gasteiger partial charge in [0.1, 0.15) is 12.1 Å². The van der Waals surface area contributed by atoms with Crippen molar-refractivity contribution in [2.24, 2.45) is 9.98 Å². The average molecular weight is 964 g/mol. The van der Waals surface area contributed by atoms with Crippen LogP contribution >= 0.6 is 0 Å². The van der Waals surface area contributed by atoms with E-state index in [2.05, 4.69) is 178 Å². The van der Waals surface area contributed by atoms with Crippen LogP contribution in [0.3, 0.4) is 0 Å². The predicted octanol–water partition coefficient (Wildman–Crippen LogP) is 9.24. The lowest BCUT2D eigenvalue weighted by molar-refractivity contribution is -0.128. The quantitative estimate of drug-likeness (QED) is 0.0240. The standard InChI is InChI=1S/C57H85N7O6/c1-4-6-8-10-12-14-16-18-20-22-23-25-26-28-30-32-34-36-38-43-50(66)58-45-41-40-42-48(55(69)63-57-62-54-52(56(70)64-57)61-49(46-59-54)53(68)47(3)65)60-51(67)44-39-37-35-33-31-29-27-24-21-19-17-15-13-11-9-7-5-2/h6-9,12-15,18-21,23,25,27-30,33-36,47-49,52-53,61,65,68H,4-5,10-11,16-17,22,24,26,31-32,37-46H2,1-3H3,(H,58,66)(H,60,67)(H2,59,62,63,64,69,70)/b8-6-,9-7-,14-12-,15-13-,20-18-,21-19-,25-23-,29-27-,30-28-,35-33-,36-34-/t47-,48-,49+,52?,53-/m0/s1. The maximum atomic E-state index is 13.6. The molecule has 0 saturated heterocycles. The Morgan fingerprint density at radius 3 is 1.59 bits per heavy atom. The molecule has 384 valence electrons. The number of nitrogens with zero attached hydrogens (tertiary/aromatic N) is 2. The van der Waals surface area contributed by atoms with E-state index in [4.69, 9.17) is 0 Å². The van der Waals surface area contributed by atoms with E-state index in [9.17, 15) is 29.4 Å². The van der Waals surface area contributed by atoms with E-state index >= 15 is 0 Å². The van der Waals surface area contributed by atoms with Crippen molar-refractivity contribution in [1.29, 1.82) is 0 Å². The molecule has 0 aromatic heterocycles. The lowest BCUT2D eigenvalue weighted by Gasteiger charge is -2.34. The largest absolute Gasteiger partial charge is 0.391 e. The molecule has 4 amide bonds. The van der Waals surface area contributed by atoms with Gasteiger partial charge in [0.15, 0.2) is 5.84 Å². The SMILES string of the molecule is CC/C=C\C/C=C\C/C=C\C/C=C\C/C=C\C/C=C\CCC(=O)NCCCC[C@H](NC(=O)CCC/C=C\C/C=C\C/C=C\C/C=C\C/C=C\CC)C(=O)NC1=NC2=NC[C@H]([C@@H](O)[C@H](C)O)NC2C(=O)N1. The molecule has 0 fully saturated rings. The summed E-state index contributed by atoms with van der Waals surface area (Å²) in [6.07, 6.45) is 59.4. The van der Waals surface area contributed by atoms with E-state index in [1.54, 1.807) is 0 Å². The smallest absolute Gasteiger partial charge is 0.251 e. The number of rotatable bonds is 36. The Kier molecular flexibility index (Phi) is 35.4. The number of hydrogen-bond acceptors (Lipinski definition) is 9. The Morgan fingerprint density at radius 1 is 0.629 bits per heavy atom. The lowest BCUT2D eigenvalue weighted by Crippen LogP contribution is -2.65.